The standard InChI is InChI=1S/C20H20N4O5/c1-13(25)29-20-17(27-2)8-14(9-18(20)28-3)10-22-23-19(26)11-24-12-21-15-6-4-5-7-16(15)24/h4-10,12H,11H2,1-3H3,(H,23,26)/b22-10-. The van der Waals surface area contributed by atoms with Crippen LogP contribution in [0.1, 0.15) is 12.5 Å². The summed E-state index contributed by atoms with van der Waals surface area (Å²) in [5.74, 6) is -0.0210. The molecule has 1 heterocycles. The fourth-order valence-electron chi connectivity index (χ4n) is 2.72. The fourth-order valence-corrected chi connectivity index (χ4v) is 2.72. The molecule has 0 atom stereocenters. The molecule has 0 bridgehead atoms. The van der Waals surface area contributed by atoms with E-state index in [1.165, 1.54) is 27.4 Å². The van der Waals surface area contributed by atoms with Crippen LogP contribution in [0.4, 0.5) is 0 Å². The Bertz CT molecular complexity index is 1050. The second-order valence-electron chi connectivity index (χ2n) is 6.00. The number of esters is 1. The first kappa shape index (κ1) is 19.9. The number of rotatable bonds is 7. The average molecular weight is 396 g/mol. The molecule has 0 aliphatic carbocycles. The van der Waals surface area contributed by atoms with E-state index in [1.807, 2.05) is 24.3 Å². The summed E-state index contributed by atoms with van der Waals surface area (Å²) < 4.78 is 17.4. The van der Waals surface area contributed by atoms with Gasteiger partial charge >= 0.3 is 5.97 Å². The highest BCUT2D eigenvalue weighted by atomic mass is 16.6. The summed E-state index contributed by atoms with van der Waals surface area (Å²) in [6.07, 6.45) is 3.05. The first-order chi connectivity index (χ1) is 14.0. The van der Waals surface area contributed by atoms with E-state index in [-0.39, 0.29) is 18.2 Å². The van der Waals surface area contributed by atoms with Gasteiger partial charge in [-0.25, -0.2) is 10.4 Å². The van der Waals surface area contributed by atoms with Crippen LogP contribution in [-0.2, 0) is 16.1 Å². The molecule has 1 aromatic heterocycles. The van der Waals surface area contributed by atoms with E-state index >= 15 is 0 Å². The molecule has 0 aliphatic rings. The number of nitrogens with one attached hydrogen (secondary N) is 1. The minimum Gasteiger partial charge on any atom is -0.493 e. The Morgan fingerprint density at radius 3 is 2.52 bits per heavy atom. The van der Waals surface area contributed by atoms with Crippen LogP contribution in [0.15, 0.2) is 47.8 Å². The minimum absolute atomic E-state index is 0.0793. The Morgan fingerprint density at radius 2 is 1.86 bits per heavy atom. The monoisotopic (exact) mass is 396 g/mol. The zero-order valence-electron chi connectivity index (χ0n) is 16.2. The van der Waals surface area contributed by atoms with Crippen molar-refractivity contribution in [2.24, 2.45) is 5.10 Å². The van der Waals surface area contributed by atoms with E-state index in [0.717, 1.165) is 11.0 Å². The van der Waals surface area contributed by atoms with Crippen molar-refractivity contribution in [3.05, 3.63) is 48.3 Å². The van der Waals surface area contributed by atoms with E-state index in [4.69, 9.17) is 14.2 Å². The molecule has 3 aromatic rings. The summed E-state index contributed by atoms with van der Waals surface area (Å²) in [5, 5.41) is 3.97. The third kappa shape index (κ3) is 4.70. The van der Waals surface area contributed by atoms with E-state index in [1.54, 1.807) is 23.0 Å². The lowest BCUT2D eigenvalue weighted by molar-refractivity contribution is -0.132. The lowest BCUT2D eigenvalue weighted by Gasteiger charge is -2.13. The van der Waals surface area contributed by atoms with Gasteiger partial charge in [-0.2, -0.15) is 5.10 Å². The number of hydrogen-bond donors (Lipinski definition) is 1. The van der Waals surface area contributed by atoms with Crippen LogP contribution < -0.4 is 19.6 Å². The van der Waals surface area contributed by atoms with Crippen molar-refractivity contribution < 1.29 is 23.8 Å². The van der Waals surface area contributed by atoms with Gasteiger partial charge in [0, 0.05) is 12.5 Å². The summed E-state index contributed by atoms with van der Waals surface area (Å²) in [7, 11) is 2.89. The maximum atomic E-state index is 12.2. The second kappa shape index (κ2) is 8.87. The van der Waals surface area contributed by atoms with Crippen molar-refractivity contribution >= 4 is 29.1 Å². The summed E-state index contributed by atoms with van der Waals surface area (Å²) in [6.45, 7) is 1.36. The topological polar surface area (TPSA) is 104 Å². The number of ether oxygens (including phenoxy) is 3. The van der Waals surface area contributed by atoms with E-state index in [9.17, 15) is 9.59 Å². The maximum Gasteiger partial charge on any atom is 0.308 e. The van der Waals surface area contributed by atoms with Gasteiger partial charge in [-0.1, -0.05) is 12.1 Å². The van der Waals surface area contributed by atoms with Gasteiger partial charge in [0.25, 0.3) is 5.91 Å². The number of amides is 1. The normalized spacial score (nSPS) is 10.9. The van der Waals surface area contributed by atoms with Gasteiger partial charge in [-0.05, 0) is 24.3 Å². The highest BCUT2D eigenvalue weighted by Gasteiger charge is 2.15. The fraction of sp³-hybridized carbons (Fsp3) is 0.200. The van der Waals surface area contributed by atoms with Crippen molar-refractivity contribution in [2.45, 2.75) is 13.5 Å². The highest BCUT2D eigenvalue weighted by Crippen LogP contribution is 2.38. The Hall–Kier alpha value is -3.88. The number of imidazole rings is 1. The Balaban J connectivity index is 1.70. The number of carbonyl (C=O) groups excluding carboxylic acids is 2. The lowest BCUT2D eigenvalue weighted by Crippen LogP contribution is -2.22. The number of hydrogen-bond acceptors (Lipinski definition) is 7. The zero-order chi connectivity index (χ0) is 20.8. The summed E-state index contributed by atoms with van der Waals surface area (Å²) in [4.78, 5) is 27.7. The average Bonchev–Trinajstić information content (AvgIpc) is 3.11. The summed E-state index contributed by atoms with van der Waals surface area (Å²) in [6, 6.07) is 10.8. The van der Waals surface area contributed by atoms with Crippen LogP contribution in [0.25, 0.3) is 11.0 Å². The van der Waals surface area contributed by atoms with E-state index in [2.05, 4.69) is 15.5 Å². The molecule has 1 N–H and O–H groups in total. The molecule has 1 amide bonds. The van der Waals surface area contributed by atoms with Gasteiger partial charge in [0.2, 0.25) is 5.75 Å². The number of methoxy groups -OCH3 is 2. The van der Waals surface area contributed by atoms with Crippen LogP contribution in [0.3, 0.4) is 0 Å². The van der Waals surface area contributed by atoms with Crippen molar-refractivity contribution in [1.29, 1.82) is 0 Å². The number of benzene rings is 2. The molecule has 150 valence electrons. The molecule has 0 saturated heterocycles. The molecule has 0 radical (unpaired) electrons. The predicted octanol–water partition coefficient (Wildman–Crippen LogP) is 2.13. The number of fused-ring (bicyclic) bond motifs is 1. The van der Waals surface area contributed by atoms with Gasteiger partial charge in [0.15, 0.2) is 11.5 Å². The molecule has 3 rings (SSSR count). The third-order valence-electron chi connectivity index (χ3n) is 3.97. The van der Waals surface area contributed by atoms with Crippen LogP contribution in [0.2, 0.25) is 0 Å². The van der Waals surface area contributed by atoms with Gasteiger partial charge in [-0.3, -0.25) is 9.59 Å². The molecule has 0 aliphatic heterocycles. The quantitative estimate of drug-likeness (QED) is 0.284. The van der Waals surface area contributed by atoms with Gasteiger partial charge < -0.3 is 18.8 Å². The zero-order valence-corrected chi connectivity index (χ0v) is 16.2. The molecule has 0 unspecified atom stereocenters. The number of nitrogens with zero attached hydrogens (tertiary/aromatic N) is 3. The highest BCUT2D eigenvalue weighted by molar-refractivity contribution is 5.85. The minimum atomic E-state index is -0.498. The molecule has 9 nitrogen and oxygen atoms in total. The smallest absolute Gasteiger partial charge is 0.308 e. The molecule has 29 heavy (non-hydrogen) atoms. The van der Waals surface area contributed by atoms with Crippen LogP contribution >= 0.6 is 0 Å². The van der Waals surface area contributed by atoms with E-state index in [0.29, 0.717) is 17.1 Å². The number of hydrazone groups is 1. The molecule has 2 aromatic carbocycles. The largest absolute Gasteiger partial charge is 0.493 e. The first-order valence-electron chi connectivity index (χ1n) is 8.68. The lowest BCUT2D eigenvalue weighted by atomic mass is 10.2. The predicted molar refractivity (Wildman–Crippen MR) is 106 cm³/mol. The third-order valence-corrected chi connectivity index (χ3v) is 3.97. The first-order valence-corrected chi connectivity index (χ1v) is 8.68. The molecule has 9 heteroatoms. The van der Waals surface area contributed by atoms with Crippen molar-refractivity contribution in [3.63, 3.8) is 0 Å². The van der Waals surface area contributed by atoms with Crippen LogP contribution in [0.5, 0.6) is 17.2 Å². The number of aromatic nitrogens is 2. The Labute approximate surface area is 166 Å². The second-order valence-corrected chi connectivity index (χ2v) is 6.00. The van der Waals surface area contributed by atoms with Crippen molar-refractivity contribution in [2.75, 3.05) is 14.2 Å². The van der Waals surface area contributed by atoms with Crippen LogP contribution in [-0.4, -0.2) is 41.9 Å². The number of carbonyl (C=O) groups is 2. The van der Waals surface area contributed by atoms with E-state index < -0.39 is 5.97 Å². The molecule has 0 saturated carbocycles. The molecule has 0 fully saturated rings. The molecule has 0 spiro atoms. The van der Waals surface area contributed by atoms with Crippen LogP contribution in [0, 0.1) is 0 Å². The molecular formula is C20H20N4O5. The Kier molecular flexibility index (Phi) is 6.08. The summed E-state index contributed by atoms with van der Waals surface area (Å²) in [5.41, 5.74) is 4.74. The van der Waals surface area contributed by atoms with Gasteiger partial charge in [0.05, 0.1) is 37.8 Å². The van der Waals surface area contributed by atoms with Crippen molar-refractivity contribution in [3.8, 4) is 17.2 Å². The van der Waals surface area contributed by atoms with Crippen molar-refractivity contribution in [1.82, 2.24) is 15.0 Å². The van der Waals surface area contributed by atoms with Gasteiger partial charge in [0.1, 0.15) is 6.54 Å². The maximum absolute atomic E-state index is 12.2. The number of para-hydroxylation sites is 2. The van der Waals surface area contributed by atoms with Gasteiger partial charge in [-0.15, -0.1) is 0 Å². The summed E-state index contributed by atoms with van der Waals surface area (Å²) >= 11 is 0. The Morgan fingerprint density at radius 1 is 1.17 bits per heavy atom. The molecular weight excluding hydrogens is 376 g/mol. The SMILES string of the molecule is COc1cc(/C=N\NC(=O)Cn2cnc3ccccc32)cc(OC)c1OC(C)=O.